The minimum Gasteiger partial charge on any atom is -0.494 e. The Hall–Kier alpha value is -1.06. The second-order valence-electron chi connectivity index (χ2n) is 5.35. The molecule has 0 spiro atoms. The van der Waals surface area contributed by atoms with Gasteiger partial charge in [-0.2, -0.15) is 0 Å². The van der Waals surface area contributed by atoms with E-state index in [-0.39, 0.29) is 5.92 Å². The van der Waals surface area contributed by atoms with Gasteiger partial charge in [0.15, 0.2) is 0 Å². The number of hydrogen-bond donors (Lipinski definition) is 2. The monoisotopic (exact) mass is 249 g/mol. The van der Waals surface area contributed by atoms with Crippen LogP contribution in [0.15, 0.2) is 24.3 Å². The Morgan fingerprint density at radius 1 is 1.50 bits per heavy atom. The lowest BCUT2D eigenvalue weighted by Gasteiger charge is -2.28. The summed E-state index contributed by atoms with van der Waals surface area (Å²) in [6.45, 7) is 3.07. The molecule has 1 fully saturated rings. The van der Waals surface area contributed by atoms with E-state index in [1.807, 2.05) is 18.2 Å². The maximum Gasteiger partial charge on any atom is 0.119 e. The van der Waals surface area contributed by atoms with Crippen LogP contribution in [0.1, 0.15) is 31.2 Å². The summed E-state index contributed by atoms with van der Waals surface area (Å²) < 4.78 is 5.73. The lowest BCUT2D eigenvalue weighted by Crippen LogP contribution is -2.41. The molecule has 0 bridgehead atoms. The van der Waals surface area contributed by atoms with E-state index < -0.39 is 5.60 Å². The van der Waals surface area contributed by atoms with Crippen LogP contribution < -0.4 is 10.5 Å². The molecule has 18 heavy (non-hydrogen) atoms. The number of rotatable bonds is 5. The van der Waals surface area contributed by atoms with Crippen molar-refractivity contribution in [3.63, 3.8) is 0 Å². The van der Waals surface area contributed by atoms with E-state index in [1.165, 1.54) is 5.56 Å². The Labute approximate surface area is 109 Å². The average molecular weight is 249 g/mol. The van der Waals surface area contributed by atoms with Crippen LogP contribution in [0, 0.1) is 12.8 Å². The molecule has 1 aliphatic rings. The molecule has 1 aliphatic carbocycles. The van der Waals surface area contributed by atoms with Gasteiger partial charge in [-0.1, -0.05) is 18.6 Å². The number of aliphatic hydroxyl groups is 1. The molecule has 2 rings (SSSR count). The number of benzene rings is 1. The van der Waals surface area contributed by atoms with E-state index in [1.54, 1.807) is 0 Å². The maximum atomic E-state index is 10.3. The third-order valence-corrected chi connectivity index (χ3v) is 4.00. The molecule has 1 aromatic carbocycles. The van der Waals surface area contributed by atoms with Crippen LogP contribution in [0.5, 0.6) is 5.75 Å². The van der Waals surface area contributed by atoms with Gasteiger partial charge in [-0.05, 0) is 49.8 Å². The molecule has 1 aromatic rings. The molecule has 0 aliphatic heterocycles. The van der Waals surface area contributed by atoms with Crippen LogP contribution >= 0.6 is 0 Å². The number of hydrogen-bond acceptors (Lipinski definition) is 3. The lowest BCUT2D eigenvalue weighted by atomic mass is 9.88. The Morgan fingerprint density at radius 2 is 2.33 bits per heavy atom. The largest absolute Gasteiger partial charge is 0.494 e. The topological polar surface area (TPSA) is 55.5 Å². The summed E-state index contributed by atoms with van der Waals surface area (Å²) in [6, 6.07) is 8.05. The second-order valence-corrected chi connectivity index (χ2v) is 5.35. The van der Waals surface area contributed by atoms with Crippen molar-refractivity contribution in [1.29, 1.82) is 0 Å². The highest BCUT2D eigenvalue weighted by atomic mass is 16.5. The van der Waals surface area contributed by atoms with Crippen molar-refractivity contribution < 1.29 is 9.84 Å². The zero-order chi connectivity index (χ0) is 13.0. The highest BCUT2D eigenvalue weighted by molar-refractivity contribution is 5.27. The van der Waals surface area contributed by atoms with Crippen LogP contribution in [0.3, 0.4) is 0 Å². The predicted octanol–water partition coefficient (Wildman–Crippen LogP) is 2.25. The van der Waals surface area contributed by atoms with Gasteiger partial charge in [0.2, 0.25) is 0 Å². The molecule has 3 heteroatoms. The van der Waals surface area contributed by atoms with Crippen LogP contribution in [0.2, 0.25) is 0 Å². The molecule has 1 saturated carbocycles. The van der Waals surface area contributed by atoms with E-state index in [2.05, 4.69) is 13.0 Å². The molecule has 3 nitrogen and oxygen atoms in total. The van der Waals surface area contributed by atoms with E-state index in [0.717, 1.165) is 31.4 Å². The Morgan fingerprint density at radius 3 is 3.06 bits per heavy atom. The van der Waals surface area contributed by atoms with Gasteiger partial charge >= 0.3 is 0 Å². The first-order chi connectivity index (χ1) is 8.64. The maximum absolute atomic E-state index is 10.3. The second kappa shape index (κ2) is 5.72. The summed E-state index contributed by atoms with van der Waals surface area (Å²) in [5.41, 5.74) is 6.21. The Balaban J connectivity index is 1.82. The molecule has 0 amide bonds. The zero-order valence-corrected chi connectivity index (χ0v) is 11.1. The predicted molar refractivity (Wildman–Crippen MR) is 72.6 cm³/mol. The molecule has 0 heterocycles. The summed E-state index contributed by atoms with van der Waals surface area (Å²) in [4.78, 5) is 0. The summed E-state index contributed by atoms with van der Waals surface area (Å²) in [7, 11) is 0. The van der Waals surface area contributed by atoms with Gasteiger partial charge in [0.1, 0.15) is 5.75 Å². The van der Waals surface area contributed by atoms with Crippen LogP contribution in [-0.2, 0) is 0 Å². The summed E-state index contributed by atoms with van der Waals surface area (Å²) >= 11 is 0. The van der Waals surface area contributed by atoms with Gasteiger partial charge in [0.25, 0.3) is 0 Å². The van der Waals surface area contributed by atoms with Crippen LogP contribution in [0.25, 0.3) is 0 Å². The van der Waals surface area contributed by atoms with Crippen molar-refractivity contribution in [2.45, 2.75) is 38.2 Å². The third-order valence-electron chi connectivity index (χ3n) is 4.00. The molecule has 2 atom stereocenters. The zero-order valence-electron chi connectivity index (χ0n) is 11.1. The lowest BCUT2D eigenvalue weighted by molar-refractivity contribution is 0.00355. The van der Waals surface area contributed by atoms with Crippen molar-refractivity contribution in [2.75, 3.05) is 13.2 Å². The fourth-order valence-electron chi connectivity index (χ4n) is 2.83. The molecule has 0 radical (unpaired) electrons. The van der Waals surface area contributed by atoms with Crippen LogP contribution in [0.4, 0.5) is 0 Å². The Kier molecular flexibility index (Phi) is 4.25. The molecule has 0 saturated heterocycles. The first-order valence-electron chi connectivity index (χ1n) is 6.76. The molecular weight excluding hydrogens is 226 g/mol. The molecule has 3 N–H and O–H groups in total. The van der Waals surface area contributed by atoms with Gasteiger partial charge in [-0.3, -0.25) is 0 Å². The molecular formula is C15H23NO2. The highest BCUT2D eigenvalue weighted by Crippen LogP contribution is 2.37. The van der Waals surface area contributed by atoms with E-state index in [0.29, 0.717) is 13.2 Å². The van der Waals surface area contributed by atoms with Gasteiger partial charge < -0.3 is 15.6 Å². The quantitative estimate of drug-likeness (QED) is 0.841. The van der Waals surface area contributed by atoms with Crippen molar-refractivity contribution >= 4 is 0 Å². The number of ether oxygens (including phenoxy) is 1. The first-order valence-corrected chi connectivity index (χ1v) is 6.76. The minimum atomic E-state index is -0.657. The van der Waals surface area contributed by atoms with Gasteiger partial charge in [0, 0.05) is 6.54 Å². The normalized spacial score (nSPS) is 27.4. The number of aryl methyl sites for hydroxylation is 1. The van der Waals surface area contributed by atoms with Crippen molar-refractivity contribution in [1.82, 2.24) is 0 Å². The van der Waals surface area contributed by atoms with Crippen molar-refractivity contribution in [2.24, 2.45) is 11.7 Å². The van der Waals surface area contributed by atoms with E-state index in [4.69, 9.17) is 10.5 Å². The molecule has 2 unspecified atom stereocenters. The number of nitrogens with two attached hydrogens (primary N) is 1. The summed E-state index contributed by atoms with van der Waals surface area (Å²) in [6.07, 6.45) is 3.84. The highest BCUT2D eigenvalue weighted by Gasteiger charge is 2.39. The Bertz CT molecular complexity index is 394. The SMILES string of the molecule is Cc1cccc(OCCC2CCCC2(O)CN)c1. The fraction of sp³-hybridized carbons (Fsp3) is 0.600. The standard InChI is InChI=1S/C15H23NO2/c1-12-4-2-6-14(10-12)18-9-7-13-5-3-8-15(13,17)11-16/h2,4,6,10,13,17H,3,5,7-9,11,16H2,1H3. The van der Waals surface area contributed by atoms with Gasteiger partial charge in [-0.15, -0.1) is 0 Å². The minimum absolute atomic E-state index is 0.285. The van der Waals surface area contributed by atoms with Crippen LogP contribution in [-0.4, -0.2) is 23.9 Å². The molecule has 100 valence electrons. The van der Waals surface area contributed by atoms with Gasteiger partial charge in [0.05, 0.1) is 12.2 Å². The summed E-state index contributed by atoms with van der Waals surface area (Å²) in [5, 5.41) is 10.3. The smallest absolute Gasteiger partial charge is 0.119 e. The third kappa shape index (κ3) is 3.03. The van der Waals surface area contributed by atoms with Crippen molar-refractivity contribution in [3.8, 4) is 5.75 Å². The van der Waals surface area contributed by atoms with E-state index >= 15 is 0 Å². The van der Waals surface area contributed by atoms with E-state index in [9.17, 15) is 5.11 Å². The van der Waals surface area contributed by atoms with Crippen molar-refractivity contribution in [3.05, 3.63) is 29.8 Å². The average Bonchev–Trinajstić information content (AvgIpc) is 2.72. The first kappa shape index (κ1) is 13.4. The fourth-order valence-corrected chi connectivity index (χ4v) is 2.83. The molecule has 0 aromatic heterocycles. The summed E-state index contributed by atoms with van der Waals surface area (Å²) in [5.74, 6) is 1.19. The van der Waals surface area contributed by atoms with Gasteiger partial charge in [-0.25, -0.2) is 0 Å².